The van der Waals surface area contributed by atoms with Crippen molar-refractivity contribution >= 4 is 5.91 Å². The second-order valence-corrected chi connectivity index (χ2v) is 4.94. The summed E-state index contributed by atoms with van der Waals surface area (Å²) in [6.45, 7) is 1.15. The normalized spacial score (nSPS) is 12.2. The van der Waals surface area contributed by atoms with Gasteiger partial charge in [-0.25, -0.2) is 0 Å². The second kappa shape index (κ2) is 6.95. The molecule has 5 heteroatoms. The molecule has 0 aliphatic carbocycles. The second-order valence-electron chi connectivity index (χ2n) is 4.94. The molecule has 0 saturated carbocycles. The quantitative estimate of drug-likeness (QED) is 0.889. The smallest absolute Gasteiger partial charge is 0.246 e. The van der Waals surface area contributed by atoms with Crippen LogP contribution in [0.2, 0.25) is 0 Å². The Morgan fingerprint density at radius 2 is 1.86 bits per heavy atom. The zero-order valence-electron chi connectivity index (χ0n) is 12.1. The Kier molecular flexibility index (Phi) is 4.56. The van der Waals surface area contributed by atoms with E-state index in [2.05, 4.69) is 5.32 Å². The number of benzene rings is 2. The molecule has 22 heavy (non-hydrogen) atoms. The Hall–Kier alpha value is -2.53. The average Bonchev–Trinajstić information content (AvgIpc) is 3.01. The van der Waals surface area contributed by atoms with Crippen LogP contribution in [-0.2, 0) is 22.7 Å². The summed E-state index contributed by atoms with van der Waals surface area (Å²) in [5.41, 5.74) is 2.01. The molecule has 0 unspecified atom stereocenters. The molecule has 0 fully saturated rings. The van der Waals surface area contributed by atoms with Crippen molar-refractivity contribution in [2.75, 3.05) is 13.4 Å². The van der Waals surface area contributed by atoms with E-state index in [9.17, 15) is 4.79 Å². The van der Waals surface area contributed by atoms with Gasteiger partial charge in [0.25, 0.3) is 0 Å². The summed E-state index contributed by atoms with van der Waals surface area (Å²) in [5.74, 6) is 1.31. The molecule has 1 aliphatic rings. The van der Waals surface area contributed by atoms with E-state index in [0.717, 1.165) is 16.9 Å². The third kappa shape index (κ3) is 3.77. The first-order valence-corrected chi connectivity index (χ1v) is 7.08. The molecule has 2 aromatic rings. The Labute approximate surface area is 128 Å². The van der Waals surface area contributed by atoms with Crippen LogP contribution >= 0.6 is 0 Å². The van der Waals surface area contributed by atoms with Crippen LogP contribution in [0.4, 0.5) is 0 Å². The first kappa shape index (κ1) is 14.4. The average molecular weight is 299 g/mol. The van der Waals surface area contributed by atoms with Gasteiger partial charge in [-0.2, -0.15) is 0 Å². The summed E-state index contributed by atoms with van der Waals surface area (Å²) < 4.78 is 15.9. The zero-order valence-corrected chi connectivity index (χ0v) is 12.1. The van der Waals surface area contributed by atoms with Gasteiger partial charge in [-0.3, -0.25) is 4.79 Å². The van der Waals surface area contributed by atoms with Gasteiger partial charge in [0.2, 0.25) is 12.7 Å². The van der Waals surface area contributed by atoms with E-state index in [1.807, 2.05) is 48.5 Å². The fourth-order valence-corrected chi connectivity index (χ4v) is 2.14. The van der Waals surface area contributed by atoms with E-state index in [-0.39, 0.29) is 19.3 Å². The van der Waals surface area contributed by atoms with Gasteiger partial charge in [-0.1, -0.05) is 36.4 Å². The standard InChI is InChI=1S/C17H17NO4/c19-17(11-20-10-13-4-2-1-3-5-13)18-9-14-6-7-15-16(8-14)22-12-21-15/h1-8H,9-12H2,(H,18,19). The predicted molar refractivity (Wildman–Crippen MR) is 80.5 cm³/mol. The largest absolute Gasteiger partial charge is 0.454 e. The number of carbonyl (C=O) groups excluding carboxylic acids is 1. The van der Waals surface area contributed by atoms with Crippen molar-refractivity contribution in [2.45, 2.75) is 13.2 Å². The molecule has 0 radical (unpaired) electrons. The Balaban J connectivity index is 1.41. The lowest BCUT2D eigenvalue weighted by molar-refractivity contribution is -0.126. The van der Waals surface area contributed by atoms with Crippen LogP contribution in [0.1, 0.15) is 11.1 Å². The first-order chi connectivity index (χ1) is 10.8. The molecule has 3 rings (SSSR count). The maximum atomic E-state index is 11.7. The molecule has 1 heterocycles. The van der Waals surface area contributed by atoms with Crippen molar-refractivity contribution in [3.05, 3.63) is 59.7 Å². The summed E-state index contributed by atoms with van der Waals surface area (Å²) in [5, 5.41) is 2.82. The maximum Gasteiger partial charge on any atom is 0.246 e. The highest BCUT2D eigenvalue weighted by Crippen LogP contribution is 2.32. The van der Waals surface area contributed by atoms with E-state index in [1.165, 1.54) is 0 Å². The van der Waals surface area contributed by atoms with Gasteiger partial charge in [0.1, 0.15) is 6.61 Å². The minimum absolute atomic E-state index is 0.0411. The first-order valence-electron chi connectivity index (χ1n) is 7.08. The van der Waals surface area contributed by atoms with Crippen LogP contribution in [-0.4, -0.2) is 19.3 Å². The molecule has 0 aromatic heterocycles. The summed E-state index contributed by atoms with van der Waals surface area (Å²) >= 11 is 0. The molecule has 2 aromatic carbocycles. The molecule has 1 amide bonds. The molecule has 0 spiro atoms. The molecule has 0 bridgehead atoms. The minimum Gasteiger partial charge on any atom is -0.454 e. The van der Waals surface area contributed by atoms with Gasteiger partial charge in [-0.15, -0.1) is 0 Å². The number of ether oxygens (including phenoxy) is 3. The van der Waals surface area contributed by atoms with Crippen LogP contribution in [0.15, 0.2) is 48.5 Å². The molecule has 5 nitrogen and oxygen atoms in total. The van der Waals surface area contributed by atoms with E-state index in [0.29, 0.717) is 18.9 Å². The predicted octanol–water partition coefficient (Wildman–Crippen LogP) is 2.25. The Morgan fingerprint density at radius 1 is 1.05 bits per heavy atom. The van der Waals surface area contributed by atoms with Crippen LogP contribution in [0.3, 0.4) is 0 Å². The van der Waals surface area contributed by atoms with E-state index in [4.69, 9.17) is 14.2 Å². The van der Waals surface area contributed by atoms with Crippen LogP contribution in [0.5, 0.6) is 11.5 Å². The van der Waals surface area contributed by atoms with Crippen LogP contribution in [0, 0.1) is 0 Å². The van der Waals surface area contributed by atoms with Crippen molar-refractivity contribution in [3.8, 4) is 11.5 Å². The van der Waals surface area contributed by atoms with E-state index < -0.39 is 0 Å². The highest BCUT2D eigenvalue weighted by molar-refractivity contribution is 5.77. The monoisotopic (exact) mass is 299 g/mol. The Bertz CT molecular complexity index is 642. The number of carbonyl (C=O) groups is 1. The van der Waals surface area contributed by atoms with Crippen LogP contribution in [0.25, 0.3) is 0 Å². The van der Waals surface area contributed by atoms with Crippen molar-refractivity contribution in [3.63, 3.8) is 0 Å². The molecule has 0 atom stereocenters. The van der Waals surface area contributed by atoms with Crippen molar-refractivity contribution in [1.82, 2.24) is 5.32 Å². The topological polar surface area (TPSA) is 56.8 Å². The summed E-state index contributed by atoms with van der Waals surface area (Å²) in [6.07, 6.45) is 0. The molecule has 1 N–H and O–H groups in total. The fraction of sp³-hybridized carbons (Fsp3) is 0.235. The Morgan fingerprint density at radius 3 is 2.73 bits per heavy atom. The molecular weight excluding hydrogens is 282 g/mol. The minimum atomic E-state index is -0.145. The third-order valence-electron chi connectivity index (χ3n) is 3.27. The van der Waals surface area contributed by atoms with Gasteiger partial charge in [0, 0.05) is 6.54 Å². The number of hydrogen-bond acceptors (Lipinski definition) is 4. The summed E-state index contributed by atoms with van der Waals surface area (Å²) in [4.78, 5) is 11.7. The fourth-order valence-electron chi connectivity index (χ4n) is 2.14. The molecule has 114 valence electrons. The number of hydrogen-bond donors (Lipinski definition) is 1. The maximum absolute atomic E-state index is 11.7. The summed E-state index contributed by atoms with van der Waals surface area (Å²) in [6, 6.07) is 15.4. The third-order valence-corrected chi connectivity index (χ3v) is 3.27. The number of nitrogens with one attached hydrogen (secondary N) is 1. The lowest BCUT2D eigenvalue weighted by atomic mass is 10.2. The lowest BCUT2D eigenvalue weighted by Gasteiger charge is -2.07. The zero-order chi connectivity index (χ0) is 15.2. The SMILES string of the molecule is O=C(COCc1ccccc1)NCc1ccc2c(c1)OCO2. The molecule has 0 saturated heterocycles. The van der Waals surface area contributed by atoms with Gasteiger partial charge in [0.15, 0.2) is 11.5 Å². The van der Waals surface area contributed by atoms with E-state index in [1.54, 1.807) is 0 Å². The van der Waals surface area contributed by atoms with Gasteiger partial charge in [-0.05, 0) is 23.3 Å². The molecular formula is C17H17NO4. The van der Waals surface area contributed by atoms with Crippen molar-refractivity contribution < 1.29 is 19.0 Å². The van der Waals surface area contributed by atoms with Crippen molar-refractivity contribution in [1.29, 1.82) is 0 Å². The van der Waals surface area contributed by atoms with Gasteiger partial charge in [0.05, 0.1) is 6.61 Å². The van der Waals surface area contributed by atoms with Crippen LogP contribution < -0.4 is 14.8 Å². The number of fused-ring (bicyclic) bond motifs is 1. The van der Waals surface area contributed by atoms with Crippen molar-refractivity contribution in [2.24, 2.45) is 0 Å². The van der Waals surface area contributed by atoms with Gasteiger partial charge >= 0.3 is 0 Å². The highest BCUT2D eigenvalue weighted by Gasteiger charge is 2.13. The highest BCUT2D eigenvalue weighted by atomic mass is 16.7. The molecule has 1 aliphatic heterocycles. The van der Waals surface area contributed by atoms with E-state index >= 15 is 0 Å². The summed E-state index contributed by atoms with van der Waals surface area (Å²) in [7, 11) is 0. The lowest BCUT2D eigenvalue weighted by Crippen LogP contribution is -2.27. The van der Waals surface area contributed by atoms with Gasteiger partial charge < -0.3 is 19.5 Å². The number of amides is 1. The number of rotatable bonds is 6.